The third-order valence-electron chi connectivity index (χ3n) is 13.7. The molecule has 20 heteroatoms. The van der Waals surface area contributed by atoms with Crippen LogP contribution in [0.15, 0.2) is 224 Å². The van der Waals surface area contributed by atoms with Gasteiger partial charge in [-0.05, 0) is 0 Å². The van der Waals surface area contributed by atoms with E-state index in [1.165, 1.54) is 97.1 Å². The molecule has 0 heterocycles. The Kier molecular flexibility index (Phi) is 15.6. The van der Waals surface area contributed by atoms with Crippen molar-refractivity contribution < 1.29 is 75.8 Å². The van der Waals surface area contributed by atoms with Gasteiger partial charge >= 0.3 is 452 Å². The molecule has 9 aromatic carbocycles. The Morgan fingerprint density at radius 3 is 0.825 bits per heavy atom. The van der Waals surface area contributed by atoms with Crippen LogP contribution in [0.2, 0.25) is 0 Å². The SMILES string of the molecule is O=C(CP(OB(Oc1cc(C(F)(F)F)cc(C(F)(F)F)c1)OP(CC(=O)c1ccccc1)(c1ccccc1F)(c1ccccc1F)c1ccccc1F)(c1ccccc1F)(c1ccccc1F)c1ccccc1F)c1ccccc1. The summed E-state index contributed by atoms with van der Waals surface area (Å²) >= 11 is 0. The number of alkyl halides is 6. The molecule has 9 aromatic rings. The van der Waals surface area contributed by atoms with Gasteiger partial charge in [-0.2, -0.15) is 0 Å². The molecule has 0 N–H and O–H groups in total. The molecule has 9 rings (SSSR count). The van der Waals surface area contributed by atoms with Crippen molar-refractivity contribution in [2.24, 2.45) is 0 Å². The zero-order valence-corrected chi connectivity index (χ0v) is 43.1. The van der Waals surface area contributed by atoms with Crippen molar-refractivity contribution in [2.75, 3.05) is 12.3 Å². The third kappa shape index (κ3) is 10.1. The van der Waals surface area contributed by atoms with Crippen LogP contribution in [0.25, 0.3) is 0 Å². The predicted octanol–water partition coefficient (Wildman–Crippen LogP) is 13.6. The van der Waals surface area contributed by atoms with Crippen molar-refractivity contribution in [3.05, 3.63) is 282 Å². The van der Waals surface area contributed by atoms with Crippen LogP contribution in [0, 0.1) is 34.9 Å². The van der Waals surface area contributed by atoms with Gasteiger partial charge in [0.15, 0.2) is 0 Å². The fraction of sp³-hybridized carbons (Fsp3) is 0.0667. The predicted molar refractivity (Wildman–Crippen MR) is 286 cm³/mol. The number of Topliss-reactive ketones (excluding diaryl/α,β-unsaturated/α-hetero) is 2. The average molecular weight is 1140 g/mol. The van der Waals surface area contributed by atoms with Crippen molar-refractivity contribution in [2.45, 2.75) is 12.4 Å². The average Bonchev–Trinajstić information content (AvgIpc) is 2.54. The summed E-state index contributed by atoms with van der Waals surface area (Å²) in [4.78, 5) is 31.0. The van der Waals surface area contributed by atoms with Gasteiger partial charge in [-0.25, -0.2) is 0 Å². The van der Waals surface area contributed by atoms with E-state index in [2.05, 4.69) is 0 Å². The van der Waals surface area contributed by atoms with Crippen molar-refractivity contribution in [3.63, 3.8) is 0 Å². The molecule has 0 aliphatic rings. The first-order valence-electron chi connectivity index (χ1n) is 24.2. The molecule has 0 atom stereocenters. The Labute approximate surface area is 450 Å². The zero-order valence-electron chi connectivity index (χ0n) is 41.3. The van der Waals surface area contributed by atoms with Gasteiger partial charge in [-0.1, -0.05) is 0 Å². The van der Waals surface area contributed by atoms with E-state index in [1.54, 1.807) is 0 Å². The number of carbonyl (C=O) groups is 2. The Hall–Kier alpha value is -7.88. The number of carbonyl (C=O) groups excluding carboxylic acids is 2. The maximum absolute atomic E-state index is 17.9. The molecule has 0 aromatic heterocycles. The van der Waals surface area contributed by atoms with E-state index in [-0.39, 0.29) is 29.3 Å². The summed E-state index contributed by atoms with van der Waals surface area (Å²) in [6.07, 6.45) is -14.0. The second-order valence-electron chi connectivity index (χ2n) is 18.4. The van der Waals surface area contributed by atoms with Gasteiger partial charge in [-0.15, -0.1) is 0 Å². The Morgan fingerprint density at radius 1 is 0.350 bits per heavy atom. The minimum atomic E-state index is -6.84. The van der Waals surface area contributed by atoms with Gasteiger partial charge in [0.2, 0.25) is 0 Å². The molecular weight excluding hydrogens is 1100 g/mol. The quantitative estimate of drug-likeness (QED) is 0.0371. The van der Waals surface area contributed by atoms with Crippen molar-refractivity contribution >= 4 is 64.4 Å². The second-order valence-corrected chi connectivity index (χ2v) is 27.2. The number of hydrogen-bond donors (Lipinski definition) is 0. The molecule has 408 valence electrons. The summed E-state index contributed by atoms with van der Waals surface area (Å²) in [6, 6.07) is 38.2. The molecule has 0 bridgehead atoms. The van der Waals surface area contributed by atoms with Crippen LogP contribution in [0.1, 0.15) is 31.8 Å². The van der Waals surface area contributed by atoms with E-state index < -0.39 is 141 Å². The van der Waals surface area contributed by atoms with Gasteiger partial charge in [0.25, 0.3) is 0 Å². The van der Waals surface area contributed by atoms with Crippen LogP contribution < -0.4 is 36.5 Å². The summed E-state index contributed by atoms with van der Waals surface area (Å²) < 4.78 is 218. The topological polar surface area (TPSA) is 61.8 Å². The molecule has 0 aliphatic carbocycles. The number of rotatable bonds is 18. The molecule has 0 unspecified atom stereocenters. The molecule has 0 radical (unpaired) electrons. The molecule has 0 fully saturated rings. The number of hydrogen-bond acceptors (Lipinski definition) is 5. The fourth-order valence-corrected chi connectivity index (χ4v) is 21.7. The van der Waals surface area contributed by atoms with Gasteiger partial charge in [-0.3, -0.25) is 0 Å². The molecule has 0 amide bonds. The Morgan fingerprint density at radius 2 is 0.588 bits per heavy atom. The van der Waals surface area contributed by atoms with Gasteiger partial charge in [0.05, 0.1) is 0 Å². The summed E-state index contributed by atoms with van der Waals surface area (Å²) in [5, 5.41) is -5.17. The standard InChI is InChI=1S/C60H41BF12O5P2/c62-45-23-7-13-29-53(45)79(54-30-14-8-24-46(54)63,55-31-15-9-25-47(55)64,38-51(74)40-19-3-1-4-20-40)77-61(76-44-36-42(59(68,69)70)35-43(37-44)60(71,72)73)78-80(56-32-16-10-26-48(56)65,57-33-17-11-27-49(57)66,58-34-18-12-28-50(58)67)39-52(75)41-21-5-2-6-22-41/h1-37H,38-39H2. The van der Waals surface area contributed by atoms with Gasteiger partial charge in [0, 0.05) is 0 Å². The summed E-state index contributed by atoms with van der Waals surface area (Å²) in [5.74, 6) is -11.9. The first-order chi connectivity index (χ1) is 38.1. The third-order valence-corrected chi connectivity index (χ3v) is 25.0. The van der Waals surface area contributed by atoms with E-state index in [4.69, 9.17) is 13.5 Å². The zero-order chi connectivity index (χ0) is 57.1. The van der Waals surface area contributed by atoms with Crippen LogP contribution in [0.5, 0.6) is 5.75 Å². The van der Waals surface area contributed by atoms with Gasteiger partial charge < -0.3 is 0 Å². The molecule has 0 spiro atoms. The van der Waals surface area contributed by atoms with E-state index in [0.717, 1.165) is 109 Å². The molecule has 5 nitrogen and oxygen atoms in total. The number of halogens is 12. The van der Waals surface area contributed by atoms with Crippen molar-refractivity contribution in [3.8, 4) is 5.75 Å². The molecule has 80 heavy (non-hydrogen) atoms. The van der Waals surface area contributed by atoms with Crippen LogP contribution in [-0.2, 0) is 21.2 Å². The fourth-order valence-electron chi connectivity index (χ4n) is 10.2. The number of ketones is 2. The first kappa shape index (κ1) is 56.8. The summed E-state index contributed by atoms with van der Waals surface area (Å²) in [5.41, 5.74) is -4.44. The first-order valence-corrected chi connectivity index (χ1v) is 28.8. The Balaban J connectivity index is 1.55. The van der Waals surface area contributed by atoms with E-state index in [9.17, 15) is 26.3 Å². The number of benzene rings is 9. The Bertz CT molecular complexity index is 3310. The normalized spacial score (nSPS) is 13.1. The van der Waals surface area contributed by atoms with Crippen LogP contribution in [0.4, 0.5) is 52.7 Å². The van der Waals surface area contributed by atoms with Crippen molar-refractivity contribution in [1.82, 2.24) is 0 Å². The maximum atomic E-state index is 17.9. The van der Waals surface area contributed by atoms with Crippen LogP contribution >= 0.6 is 13.7 Å². The molecule has 0 aliphatic heterocycles. The van der Waals surface area contributed by atoms with Crippen LogP contribution in [-0.4, -0.2) is 31.2 Å². The summed E-state index contributed by atoms with van der Waals surface area (Å²) in [7, 11) is -3.39. The van der Waals surface area contributed by atoms with Gasteiger partial charge in [0.1, 0.15) is 0 Å². The second kappa shape index (κ2) is 22.0. The molecule has 0 saturated heterocycles. The van der Waals surface area contributed by atoms with E-state index in [1.807, 2.05) is 0 Å². The van der Waals surface area contributed by atoms with E-state index in [0.29, 0.717) is 0 Å². The molecular formula is C60H41BF12O5P2. The van der Waals surface area contributed by atoms with Crippen LogP contribution in [0.3, 0.4) is 0 Å². The summed E-state index contributed by atoms with van der Waals surface area (Å²) in [6.45, 7) is -13.7. The molecule has 0 saturated carbocycles. The van der Waals surface area contributed by atoms with Crippen molar-refractivity contribution in [1.29, 1.82) is 0 Å². The van der Waals surface area contributed by atoms with E-state index >= 15 is 35.9 Å². The monoisotopic (exact) mass is 1140 g/mol. The minimum absolute atomic E-state index is 0.0494.